The first-order valence-electron chi connectivity index (χ1n) is 6.52. The van der Waals surface area contributed by atoms with Gasteiger partial charge < -0.3 is 11.1 Å². The van der Waals surface area contributed by atoms with Crippen LogP contribution < -0.4 is 11.1 Å². The molecule has 2 rings (SSSR count). The molecule has 2 aromatic rings. The second-order valence-corrected chi connectivity index (χ2v) is 7.30. The van der Waals surface area contributed by atoms with Crippen LogP contribution in [0.1, 0.15) is 16.5 Å². The van der Waals surface area contributed by atoms with Crippen molar-refractivity contribution < 1.29 is 9.59 Å². The number of nitrogens with one attached hydrogen (secondary N) is 1. The number of hydrogen-bond acceptors (Lipinski definition) is 4. The summed E-state index contributed by atoms with van der Waals surface area (Å²) in [6.07, 6.45) is 0. The molecule has 0 fully saturated rings. The fourth-order valence-electron chi connectivity index (χ4n) is 1.84. The second-order valence-electron chi connectivity index (χ2n) is 4.51. The second kappa shape index (κ2) is 8.22. The van der Waals surface area contributed by atoms with Crippen molar-refractivity contribution in [2.45, 2.75) is 11.8 Å². The van der Waals surface area contributed by atoms with Gasteiger partial charge in [-0.15, -0.1) is 23.1 Å². The molecule has 4 nitrogen and oxygen atoms in total. The standard InChI is InChI=1S/C15H15ClN2O2S2/c16-12-7-6-11(22-12)8-21-9-13(19)18-14(15(17)20)10-4-2-1-3-5-10/h1-7,14H,8-9H2,(H2,17,20)(H,18,19)/t14-/m1/s1. The van der Waals surface area contributed by atoms with E-state index in [1.54, 1.807) is 24.3 Å². The van der Waals surface area contributed by atoms with Crippen LogP contribution in [-0.4, -0.2) is 17.6 Å². The van der Waals surface area contributed by atoms with Gasteiger partial charge in [0.1, 0.15) is 6.04 Å². The molecule has 1 aromatic heterocycles. The average molecular weight is 355 g/mol. The smallest absolute Gasteiger partial charge is 0.244 e. The van der Waals surface area contributed by atoms with E-state index in [0.717, 1.165) is 9.21 Å². The molecule has 0 aliphatic heterocycles. The highest BCUT2D eigenvalue weighted by atomic mass is 35.5. The number of rotatable bonds is 7. The fourth-order valence-corrected chi connectivity index (χ4v) is 3.88. The number of amides is 2. The van der Waals surface area contributed by atoms with Crippen molar-refractivity contribution >= 4 is 46.5 Å². The Kier molecular flexibility index (Phi) is 6.30. The average Bonchev–Trinajstić information content (AvgIpc) is 2.91. The van der Waals surface area contributed by atoms with Gasteiger partial charge >= 0.3 is 0 Å². The first kappa shape index (κ1) is 16.9. The quantitative estimate of drug-likeness (QED) is 0.802. The van der Waals surface area contributed by atoms with Gasteiger partial charge in [-0.25, -0.2) is 0 Å². The molecule has 1 atom stereocenters. The van der Waals surface area contributed by atoms with E-state index >= 15 is 0 Å². The topological polar surface area (TPSA) is 72.2 Å². The highest BCUT2D eigenvalue weighted by molar-refractivity contribution is 7.99. The van der Waals surface area contributed by atoms with Crippen LogP contribution in [0.15, 0.2) is 42.5 Å². The molecule has 3 N–H and O–H groups in total. The van der Waals surface area contributed by atoms with E-state index in [9.17, 15) is 9.59 Å². The summed E-state index contributed by atoms with van der Waals surface area (Å²) < 4.78 is 0.734. The molecule has 0 saturated carbocycles. The summed E-state index contributed by atoms with van der Waals surface area (Å²) in [5, 5.41) is 2.67. The lowest BCUT2D eigenvalue weighted by atomic mass is 10.1. The summed E-state index contributed by atoms with van der Waals surface area (Å²) in [7, 11) is 0. The molecule has 0 aliphatic rings. The Morgan fingerprint density at radius 3 is 2.55 bits per heavy atom. The summed E-state index contributed by atoms with van der Waals surface area (Å²) in [4.78, 5) is 24.6. The first-order valence-corrected chi connectivity index (χ1v) is 8.87. The van der Waals surface area contributed by atoms with Gasteiger partial charge in [0, 0.05) is 10.6 Å². The summed E-state index contributed by atoms with van der Waals surface area (Å²) in [5.74, 6) is 0.165. The predicted molar refractivity (Wildman–Crippen MR) is 92.0 cm³/mol. The Labute approximate surface area is 142 Å². The van der Waals surface area contributed by atoms with Crippen molar-refractivity contribution in [2.75, 3.05) is 5.75 Å². The van der Waals surface area contributed by atoms with Gasteiger partial charge in [-0.3, -0.25) is 9.59 Å². The van der Waals surface area contributed by atoms with Gasteiger partial charge in [0.05, 0.1) is 10.1 Å². The number of nitrogens with two attached hydrogens (primary N) is 1. The lowest BCUT2D eigenvalue weighted by Gasteiger charge is -2.15. The Balaban J connectivity index is 1.85. The van der Waals surface area contributed by atoms with Gasteiger partial charge in [0.2, 0.25) is 11.8 Å². The molecule has 116 valence electrons. The molecule has 0 bridgehead atoms. The van der Waals surface area contributed by atoms with Crippen molar-refractivity contribution in [1.82, 2.24) is 5.32 Å². The van der Waals surface area contributed by atoms with Crippen LogP contribution in [0.4, 0.5) is 0 Å². The minimum atomic E-state index is -0.800. The lowest BCUT2D eigenvalue weighted by Crippen LogP contribution is -2.38. The largest absolute Gasteiger partial charge is 0.368 e. The van der Waals surface area contributed by atoms with E-state index in [2.05, 4.69) is 5.32 Å². The Morgan fingerprint density at radius 2 is 1.95 bits per heavy atom. The molecule has 1 heterocycles. The summed E-state index contributed by atoms with van der Waals surface area (Å²) in [6.45, 7) is 0. The van der Waals surface area contributed by atoms with Crippen molar-refractivity contribution in [3.63, 3.8) is 0 Å². The number of primary amides is 1. The number of carbonyl (C=O) groups is 2. The number of hydrogen-bond donors (Lipinski definition) is 2. The third-order valence-corrected chi connectivity index (χ3v) is 5.22. The molecule has 22 heavy (non-hydrogen) atoms. The van der Waals surface area contributed by atoms with E-state index in [1.165, 1.54) is 23.1 Å². The normalized spacial score (nSPS) is 11.9. The van der Waals surface area contributed by atoms with E-state index < -0.39 is 11.9 Å². The van der Waals surface area contributed by atoms with Crippen LogP contribution in [0.25, 0.3) is 0 Å². The third kappa shape index (κ3) is 5.05. The molecule has 2 amide bonds. The molecule has 0 radical (unpaired) electrons. The fraction of sp³-hybridized carbons (Fsp3) is 0.200. The van der Waals surface area contributed by atoms with Crippen molar-refractivity contribution in [3.8, 4) is 0 Å². The molecule has 7 heteroatoms. The van der Waals surface area contributed by atoms with Crippen LogP contribution in [0.2, 0.25) is 4.34 Å². The zero-order chi connectivity index (χ0) is 15.9. The van der Waals surface area contributed by atoms with Gasteiger partial charge in [0.25, 0.3) is 0 Å². The van der Waals surface area contributed by atoms with E-state index in [-0.39, 0.29) is 11.7 Å². The van der Waals surface area contributed by atoms with Crippen LogP contribution in [0.3, 0.4) is 0 Å². The maximum absolute atomic E-state index is 12.0. The first-order chi connectivity index (χ1) is 10.6. The van der Waals surface area contributed by atoms with E-state index in [1.807, 2.05) is 18.2 Å². The number of halogens is 1. The molecular weight excluding hydrogens is 340 g/mol. The monoisotopic (exact) mass is 354 g/mol. The minimum absolute atomic E-state index is 0.222. The van der Waals surface area contributed by atoms with Crippen LogP contribution in [0.5, 0.6) is 0 Å². The van der Waals surface area contributed by atoms with Gasteiger partial charge in [0.15, 0.2) is 0 Å². The molecule has 0 spiro atoms. The Hall–Kier alpha value is -1.50. The molecular formula is C15H15ClN2O2S2. The van der Waals surface area contributed by atoms with E-state index in [4.69, 9.17) is 17.3 Å². The van der Waals surface area contributed by atoms with Gasteiger partial charge in [-0.1, -0.05) is 41.9 Å². The summed E-state index contributed by atoms with van der Waals surface area (Å²) in [5.41, 5.74) is 6.05. The van der Waals surface area contributed by atoms with Crippen LogP contribution >= 0.6 is 34.7 Å². The number of benzene rings is 1. The Morgan fingerprint density at radius 1 is 1.23 bits per heavy atom. The van der Waals surface area contributed by atoms with E-state index in [0.29, 0.717) is 11.3 Å². The van der Waals surface area contributed by atoms with Crippen molar-refractivity contribution in [1.29, 1.82) is 0 Å². The number of thiophene rings is 1. The summed E-state index contributed by atoms with van der Waals surface area (Å²) >= 11 is 8.81. The number of carbonyl (C=O) groups excluding carboxylic acids is 2. The zero-order valence-corrected chi connectivity index (χ0v) is 14.0. The Bertz CT molecular complexity index is 646. The molecule has 1 aromatic carbocycles. The summed E-state index contributed by atoms with van der Waals surface area (Å²) in [6, 6.07) is 11.9. The van der Waals surface area contributed by atoms with Gasteiger partial charge in [-0.05, 0) is 17.7 Å². The van der Waals surface area contributed by atoms with Gasteiger partial charge in [-0.2, -0.15) is 0 Å². The predicted octanol–water partition coefficient (Wildman–Crippen LogP) is 2.98. The van der Waals surface area contributed by atoms with Crippen molar-refractivity contribution in [2.24, 2.45) is 5.73 Å². The zero-order valence-electron chi connectivity index (χ0n) is 11.6. The number of thioether (sulfide) groups is 1. The van der Waals surface area contributed by atoms with Crippen LogP contribution in [-0.2, 0) is 15.3 Å². The molecule has 0 unspecified atom stereocenters. The molecule has 0 aliphatic carbocycles. The highest BCUT2D eigenvalue weighted by Crippen LogP contribution is 2.25. The third-order valence-electron chi connectivity index (χ3n) is 2.83. The lowest BCUT2D eigenvalue weighted by molar-refractivity contribution is -0.126. The van der Waals surface area contributed by atoms with Crippen molar-refractivity contribution in [3.05, 3.63) is 57.2 Å². The maximum atomic E-state index is 12.0. The van der Waals surface area contributed by atoms with Crippen LogP contribution in [0, 0.1) is 0 Å². The SMILES string of the molecule is NC(=O)[C@H](NC(=O)CSCc1ccc(Cl)s1)c1ccccc1. The minimum Gasteiger partial charge on any atom is -0.368 e. The highest BCUT2D eigenvalue weighted by Gasteiger charge is 2.19. The maximum Gasteiger partial charge on any atom is 0.244 e. The molecule has 0 saturated heterocycles.